The molecule has 3 unspecified atom stereocenters. The molecule has 2 aliphatic carbocycles. The van der Waals surface area contributed by atoms with E-state index in [-0.39, 0.29) is 35.3 Å². The van der Waals surface area contributed by atoms with Gasteiger partial charge in [0.05, 0.1) is 25.5 Å². The molecule has 1 heterocycles. The zero-order valence-electron chi connectivity index (χ0n) is 17.2. The van der Waals surface area contributed by atoms with Crippen molar-refractivity contribution in [3.8, 4) is 0 Å². The number of hydrogen-bond donors (Lipinski definition) is 1. The lowest BCUT2D eigenvalue weighted by Gasteiger charge is -2.21. The smallest absolute Gasteiger partial charge is 0.433 e. The van der Waals surface area contributed by atoms with E-state index in [0.29, 0.717) is 31.9 Å². The minimum atomic E-state index is -4.72. The molecule has 1 N–H and O–H groups in total. The lowest BCUT2D eigenvalue weighted by atomic mass is 9.81. The third kappa shape index (κ3) is 5.13. The van der Waals surface area contributed by atoms with Crippen LogP contribution in [-0.2, 0) is 36.6 Å². The Labute approximate surface area is 177 Å². The second kappa shape index (κ2) is 9.46. The topological polar surface area (TPSA) is 94.9 Å². The van der Waals surface area contributed by atoms with E-state index in [1.807, 2.05) is 0 Å². The van der Waals surface area contributed by atoms with Crippen LogP contribution in [0.2, 0.25) is 0 Å². The highest BCUT2D eigenvalue weighted by molar-refractivity contribution is 6.27. The molecular weight excluding hydrogens is 419 g/mol. The molecule has 2 aliphatic rings. The predicted molar refractivity (Wildman–Crippen MR) is 102 cm³/mol. The Balaban J connectivity index is 1.93. The fraction of sp³-hybridized carbons (Fsp3) is 0.571. The maximum atomic E-state index is 13.2. The summed E-state index contributed by atoms with van der Waals surface area (Å²) in [4.78, 5) is 28.9. The van der Waals surface area contributed by atoms with Crippen LogP contribution < -0.4 is 0 Å². The second-order valence-corrected chi connectivity index (χ2v) is 7.59. The van der Waals surface area contributed by atoms with Crippen molar-refractivity contribution in [2.75, 3.05) is 20.3 Å². The molecule has 3 atom stereocenters. The molecule has 0 saturated heterocycles. The van der Waals surface area contributed by atoms with Crippen molar-refractivity contribution < 1.29 is 42.1 Å². The van der Waals surface area contributed by atoms with Crippen molar-refractivity contribution in [1.82, 2.24) is 4.98 Å². The van der Waals surface area contributed by atoms with E-state index in [0.717, 1.165) is 6.07 Å². The number of nitrogens with zero attached hydrogens (tertiary/aromatic N) is 1. The van der Waals surface area contributed by atoms with Crippen LogP contribution in [0.4, 0.5) is 13.2 Å². The lowest BCUT2D eigenvalue weighted by molar-refractivity contribution is -0.147. The molecule has 0 amide bonds. The van der Waals surface area contributed by atoms with Gasteiger partial charge in [0, 0.05) is 24.5 Å². The molecule has 7 nitrogen and oxygen atoms in total. The molecule has 3 rings (SSSR count). The molecule has 2 fully saturated rings. The highest BCUT2D eigenvalue weighted by Crippen LogP contribution is 2.42. The Kier molecular flexibility index (Phi) is 7.13. The van der Waals surface area contributed by atoms with E-state index in [1.165, 1.54) is 7.11 Å². The fourth-order valence-electron chi connectivity index (χ4n) is 3.88. The fourth-order valence-corrected chi connectivity index (χ4v) is 3.88. The van der Waals surface area contributed by atoms with Gasteiger partial charge in [-0.2, -0.15) is 13.2 Å². The van der Waals surface area contributed by atoms with Crippen molar-refractivity contribution in [3.05, 3.63) is 34.7 Å². The van der Waals surface area contributed by atoms with E-state index in [4.69, 9.17) is 14.2 Å². The number of allylic oxidation sites excluding steroid dienone is 1. The molecule has 0 aromatic carbocycles. The predicted octanol–water partition coefficient (Wildman–Crippen LogP) is 3.46. The minimum absolute atomic E-state index is 0.143. The number of pyridine rings is 1. The van der Waals surface area contributed by atoms with Gasteiger partial charge in [0.15, 0.2) is 17.9 Å². The van der Waals surface area contributed by atoms with Gasteiger partial charge < -0.3 is 19.3 Å². The Morgan fingerprint density at radius 1 is 1.16 bits per heavy atom. The summed E-state index contributed by atoms with van der Waals surface area (Å²) in [6.45, 7) is 1.63. The number of aromatic nitrogens is 1. The summed E-state index contributed by atoms with van der Waals surface area (Å²) in [5, 5.41) is 10.8. The number of aliphatic hydroxyl groups excluding tert-OH is 1. The van der Waals surface area contributed by atoms with Crippen LogP contribution in [0.5, 0.6) is 0 Å². The molecule has 0 aliphatic heterocycles. The number of ketones is 2. The lowest BCUT2D eigenvalue weighted by Crippen LogP contribution is -2.30. The first-order chi connectivity index (χ1) is 14.6. The molecule has 10 heteroatoms. The standard InChI is InChI=1S/C21H24F3NO6/c1-11(30-8-7-29-2)31-10-15-14(5-6-16(25-15)21(22,23)24)20(28)17-18(26)12-3-4-13(9-12)19(17)27/h5-6,11-13,28H,3-4,7-10H2,1-2H3. The van der Waals surface area contributed by atoms with Crippen molar-refractivity contribution in [3.63, 3.8) is 0 Å². The zero-order chi connectivity index (χ0) is 22.8. The molecule has 1 aromatic rings. The normalized spacial score (nSPS) is 22.2. The third-order valence-corrected chi connectivity index (χ3v) is 5.52. The van der Waals surface area contributed by atoms with Crippen molar-refractivity contribution >= 4 is 17.3 Å². The number of Topliss-reactive ketones (excluding diaryl/α,β-unsaturated/α-hetero) is 2. The van der Waals surface area contributed by atoms with E-state index in [2.05, 4.69) is 4.98 Å². The summed E-state index contributed by atoms with van der Waals surface area (Å²) in [6.07, 6.45) is -3.94. The van der Waals surface area contributed by atoms with Gasteiger partial charge in [0.2, 0.25) is 0 Å². The van der Waals surface area contributed by atoms with Crippen molar-refractivity contribution in [1.29, 1.82) is 0 Å². The molecule has 0 radical (unpaired) electrons. The molecule has 31 heavy (non-hydrogen) atoms. The van der Waals surface area contributed by atoms with E-state index in [9.17, 15) is 27.9 Å². The highest BCUT2D eigenvalue weighted by atomic mass is 19.4. The van der Waals surface area contributed by atoms with Crippen molar-refractivity contribution in [2.45, 2.75) is 45.3 Å². The van der Waals surface area contributed by atoms with E-state index < -0.39 is 42.1 Å². The number of carbonyl (C=O) groups is 2. The molecule has 1 aromatic heterocycles. The molecule has 0 spiro atoms. The number of methoxy groups -OCH3 is 1. The van der Waals surface area contributed by atoms with Crippen LogP contribution in [0.15, 0.2) is 17.7 Å². The number of rotatable bonds is 8. The van der Waals surface area contributed by atoms with E-state index in [1.54, 1.807) is 6.92 Å². The summed E-state index contributed by atoms with van der Waals surface area (Å²) < 4.78 is 55.1. The summed E-state index contributed by atoms with van der Waals surface area (Å²) in [6, 6.07) is 1.70. The number of carbonyl (C=O) groups excluding carboxylic acids is 2. The van der Waals surface area contributed by atoms with Gasteiger partial charge in [-0.05, 0) is 38.3 Å². The van der Waals surface area contributed by atoms with Crippen LogP contribution in [0.25, 0.3) is 5.76 Å². The van der Waals surface area contributed by atoms with Gasteiger partial charge >= 0.3 is 6.18 Å². The van der Waals surface area contributed by atoms with Gasteiger partial charge in [-0.15, -0.1) is 0 Å². The third-order valence-electron chi connectivity index (χ3n) is 5.52. The van der Waals surface area contributed by atoms with Crippen molar-refractivity contribution in [2.24, 2.45) is 11.8 Å². The van der Waals surface area contributed by atoms with Gasteiger partial charge in [0.1, 0.15) is 17.0 Å². The van der Waals surface area contributed by atoms with Crippen LogP contribution in [0, 0.1) is 11.8 Å². The SMILES string of the molecule is COCCOC(C)OCc1nc(C(F)(F)F)ccc1C(O)=C1C(=O)C2CCC(C2)C1=O. The van der Waals surface area contributed by atoms with E-state index >= 15 is 0 Å². The molecule has 2 saturated carbocycles. The number of hydrogen-bond acceptors (Lipinski definition) is 7. The average Bonchev–Trinajstić information content (AvgIpc) is 3.17. The monoisotopic (exact) mass is 443 g/mol. The first-order valence-corrected chi connectivity index (χ1v) is 9.94. The van der Waals surface area contributed by atoms with Crippen LogP contribution in [0.1, 0.15) is 43.1 Å². The van der Waals surface area contributed by atoms with Gasteiger partial charge in [0.25, 0.3) is 0 Å². The Hall–Kier alpha value is -2.30. The maximum absolute atomic E-state index is 13.2. The molecular formula is C21H24F3NO6. The summed E-state index contributed by atoms with van der Waals surface area (Å²) in [5.74, 6) is -2.30. The first-order valence-electron chi connectivity index (χ1n) is 9.94. The zero-order valence-corrected chi connectivity index (χ0v) is 17.2. The first kappa shape index (κ1) is 23.4. The summed E-state index contributed by atoms with van der Waals surface area (Å²) in [5.41, 5.74) is -1.93. The molecule has 170 valence electrons. The van der Waals surface area contributed by atoms with Crippen LogP contribution in [0.3, 0.4) is 0 Å². The minimum Gasteiger partial charge on any atom is -0.506 e. The average molecular weight is 443 g/mol. The number of halogens is 3. The highest BCUT2D eigenvalue weighted by Gasteiger charge is 2.45. The quantitative estimate of drug-likeness (QED) is 0.216. The summed E-state index contributed by atoms with van der Waals surface area (Å²) >= 11 is 0. The number of aliphatic hydroxyl groups is 1. The van der Waals surface area contributed by atoms with Gasteiger partial charge in [-0.25, -0.2) is 4.98 Å². The Morgan fingerprint density at radius 2 is 1.81 bits per heavy atom. The Bertz CT molecular complexity index is 858. The molecule has 2 bridgehead atoms. The van der Waals surface area contributed by atoms with Crippen LogP contribution in [-0.4, -0.2) is 48.3 Å². The van der Waals surface area contributed by atoms with Crippen LogP contribution >= 0.6 is 0 Å². The number of fused-ring (bicyclic) bond motifs is 2. The number of ether oxygens (including phenoxy) is 3. The summed E-state index contributed by atoms with van der Waals surface area (Å²) in [7, 11) is 1.49. The Morgan fingerprint density at radius 3 is 2.39 bits per heavy atom. The maximum Gasteiger partial charge on any atom is 0.433 e. The second-order valence-electron chi connectivity index (χ2n) is 7.59. The number of alkyl halides is 3. The van der Waals surface area contributed by atoms with Gasteiger partial charge in [-0.1, -0.05) is 0 Å². The largest absolute Gasteiger partial charge is 0.506 e. The van der Waals surface area contributed by atoms with Gasteiger partial charge in [-0.3, -0.25) is 9.59 Å².